The molecule has 0 aromatic carbocycles. The minimum absolute atomic E-state index is 0.160. The third-order valence-electron chi connectivity index (χ3n) is 2.69. The summed E-state index contributed by atoms with van der Waals surface area (Å²) >= 11 is 0. The molecule has 0 amide bonds. The number of aromatic nitrogens is 2. The summed E-state index contributed by atoms with van der Waals surface area (Å²) in [5.41, 5.74) is 0.958. The van der Waals surface area contributed by atoms with Gasteiger partial charge in [-0.25, -0.2) is 9.97 Å². The Labute approximate surface area is 108 Å². The largest absolute Gasteiger partial charge is 0.379 e. The van der Waals surface area contributed by atoms with Gasteiger partial charge in [0.25, 0.3) is 0 Å². The molecule has 98 valence electrons. The van der Waals surface area contributed by atoms with E-state index in [1.54, 1.807) is 13.2 Å². The lowest BCUT2D eigenvalue weighted by molar-refractivity contribution is 0.0127. The molecule has 0 bridgehead atoms. The Bertz CT molecular complexity index is 451. The van der Waals surface area contributed by atoms with Gasteiger partial charge in [-0.05, 0) is 40.2 Å². The van der Waals surface area contributed by atoms with Gasteiger partial charge in [0.1, 0.15) is 11.8 Å². The molecule has 18 heavy (non-hydrogen) atoms. The second kappa shape index (κ2) is 5.78. The molecule has 0 aliphatic heterocycles. The third-order valence-corrected chi connectivity index (χ3v) is 2.69. The van der Waals surface area contributed by atoms with Crippen LogP contribution in [0.25, 0.3) is 0 Å². The first kappa shape index (κ1) is 14.4. The molecule has 0 spiro atoms. The molecule has 1 heterocycles. The minimum atomic E-state index is -0.200. The molecule has 0 radical (unpaired) electrons. The fourth-order valence-corrected chi connectivity index (χ4v) is 1.78. The first-order valence-corrected chi connectivity index (χ1v) is 5.94. The van der Waals surface area contributed by atoms with Crippen LogP contribution in [0.1, 0.15) is 38.6 Å². The molecule has 1 N–H and O–H groups in total. The van der Waals surface area contributed by atoms with Gasteiger partial charge in [0.15, 0.2) is 0 Å². The van der Waals surface area contributed by atoms with E-state index < -0.39 is 0 Å². The van der Waals surface area contributed by atoms with E-state index in [4.69, 9.17) is 10.00 Å². The highest BCUT2D eigenvalue weighted by atomic mass is 16.5. The van der Waals surface area contributed by atoms with Gasteiger partial charge in [0, 0.05) is 18.8 Å². The summed E-state index contributed by atoms with van der Waals surface area (Å²) in [4.78, 5) is 8.39. The fourth-order valence-electron chi connectivity index (χ4n) is 1.78. The number of aryl methyl sites for hydroxylation is 1. The summed E-state index contributed by atoms with van der Waals surface area (Å²) in [6.07, 6.45) is 0.822. The van der Waals surface area contributed by atoms with Crippen LogP contribution < -0.4 is 5.32 Å². The highest BCUT2D eigenvalue weighted by Crippen LogP contribution is 2.17. The maximum Gasteiger partial charge on any atom is 0.224 e. The van der Waals surface area contributed by atoms with Crippen LogP contribution >= 0.6 is 0 Å². The summed E-state index contributed by atoms with van der Waals surface area (Å²) in [5, 5.41) is 12.1. The molecule has 5 nitrogen and oxygen atoms in total. The van der Waals surface area contributed by atoms with Crippen molar-refractivity contribution in [3.8, 4) is 6.07 Å². The Morgan fingerprint density at radius 2 is 2.17 bits per heavy atom. The fraction of sp³-hybridized carbons (Fsp3) is 0.615. The van der Waals surface area contributed by atoms with Crippen molar-refractivity contribution in [3.05, 3.63) is 17.5 Å². The number of rotatable bonds is 5. The first-order valence-electron chi connectivity index (χ1n) is 5.94. The van der Waals surface area contributed by atoms with Gasteiger partial charge < -0.3 is 10.1 Å². The van der Waals surface area contributed by atoms with Crippen molar-refractivity contribution < 1.29 is 4.74 Å². The van der Waals surface area contributed by atoms with E-state index in [0.29, 0.717) is 11.6 Å². The highest BCUT2D eigenvalue weighted by molar-refractivity contribution is 5.33. The topological polar surface area (TPSA) is 70.8 Å². The van der Waals surface area contributed by atoms with Gasteiger partial charge in [0.2, 0.25) is 5.95 Å². The van der Waals surface area contributed by atoms with Gasteiger partial charge in [-0.2, -0.15) is 5.26 Å². The molecule has 0 fully saturated rings. The molecule has 1 aromatic heterocycles. The van der Waals surface area contributed by atoms with Crippen LogP contribution in [0.15, 0.2) is 6.07 Å². The summed E-state index contributed by atoms with van der Waals surface area (Å²) in [5.74, 6) is 0.492. The maximum atomic E-state index is 8.86. The van der Waals surface area contributed by atoms with Crippen LogP contribution in [0.2, 0.25) is 0 Å². The molecular formula is C13H20N4O. The smallest absolute Gasteiger partial charge is 0.224 e. The molecule has 1 unspecified atom stereocenters. The number of nitriles is 1. The Hall–Kier alpha value is -1.67. The second-order valence-electron chi connectivity index (χ2n) is 5.04. The molecule has 0 saturated carbocycles. The Morgan fingerprint density at radius 1 is 1.50 bits per heavy atom. The molecular weight excluding hydrogens is 228 g/mol. The van der Waals surface area contributed by atoms with Crippen LogP contribution in [-0.4, -0.2) is 28.7 Å². The number of hydrogen-bond acceptors (Lipinski definition) is 5. The number of nitrogens with zero attached hydrogens (tertiary/aromatic N) is 3. The van der Waals surface area contributed by atoms with Crippen LogP contribution in [0.4, 0.5) is 5.95 Å². The predicted molar refractivity (Wildman–Crippen MR) is 70.3 cm³/mol. The van der Waals surface area contributed by atoms with Crippen molar-refractivity contribution in [2.45, 2.75) is 45.8 Å². The highest BCUT2D eigenvalue weighted by Gasteiger charge is 2.20. The lowest BCUT2D eigenvalue weighted by Crippen LogP contribution is -2.31. The third kappa shape index (κ3) is 4.30. The average molecular weight is 248 g/mol. The maximum absolute atomic E-state index is 8.86. The van der Waals surface area contributed by atoms with Crippen molar-refractivity contribution in [1.29, 1.82) is 5.26 Å². The summed E-state index contributed by atoms with van der Waals surface area (Å²) in [6.45, 7) is 7.95. The van der Waals surface area contributed by atoms with Crippen molar-refractivity contribution >= 4 is 5.95 Å². The van der Waals surface area contributed by atoms with Crippen LogP contribution in [0.3, 0.4) is 0 Å². The van der Waals surface area contributed by atoms with E-state index in [2.05, 4.69) is 15.3 Å². The average Bonchev–Trinajstić information content (AvgIpc) is 2.27. The molecule has 1 rings (SSSR count). The second-order valence-corrected chi connectivity index (χ2v) is 5.04. The van der Waals surface area contributed by atoms with E-state index in [0.717, 1.165) is 12.1 Å². The first-order chi connectivity index (χ1) is 8.36. The zero-order valence-corrected chi connectivity index (χ0v) is 11.6. The zero-order valence-electron chi connectivity index (χ0n) is 11.6. The summed E-state index contributed by atoms with van der Waals surface area (Å²) in [6, 6.07) is 3.85. The Kier molecular flexibility index (Phi) is 4.62. The van der Waals surface area contributed by atoms with Gasteiger partial charge in [-0.15, -0.1) is 0 Å². The lowest BCUT2D eigenvalue weighted by Gasteiger charge is -2.27. The molecule has 0 saturated heterocycles. The Morgan fingerprint density at radius 3 is 2.72 bits per heavy atom. The predicted octanol–water partition coefficient (Wildman–Crippen LogP) is 2.27. The van der Waals surface area contributed by atoms with Gasteiger partial charge in [0.05, 0.1) is 5.60 Å². The number of methoxy groups -OCH3 is 1. The molecule has 0 aliphatic rings. The van der Waals surface area contributed by atoms with E-state index >= 15 is 0 Å². The van der Waals surface area contributed by atoms with Crippen molar-refractivity contribution in [3.63, 3.8) is 0 Å². The molecule has 1 atom stereocenters. The van der Waals surface area contributed by atoms with Crippen LogP contribution in [0.5, 0.6) is 0 Å². The number of hydrogen-bond donors (Lipinski definition) is 1. The SMILES string of the molecule is COC(C)(C)CC(C)Nc1nc(C)cc(C#N)n1. The number of ether oxygens (including phenoxy) is 1. The van der Waals surface area contributed by atoms with E-state index in [9.17, 15) is 0 Å². The van der Waals surface area contributed by atoms with Crippen molar-refractivity contribution in [2.24, 2.45) is 0 Å². The molecule has 1 aromatic rings. The number of anilines is 1. The zero-order chi connectivity index (χ0) is 13.8. The molecule has 0 aliphatic carbocycles. The monoisotopic (exact) mass is 248 g/mol. The van der Waals surface area contributed by atoms with Crippen LogP contribution in [-0.2, 0) is 4.74 Å². The van der Waals surface area contributed by atoms with Crippen molar-refractivity contribution in [2.75, 3.05) is 12.4 Å². The van der Waals surface area contributed by atoms with Gasteiger partial charge in [-0.1, -0.05) is 0 Å². The normalized spacial score (nSPS) is 12.9. The van der Waals surface area contributed by atoms with E-state index in [-0.39, 0.29) is 11.6 Å². The van der Waals surface area contributed by atoms with Crippen molar-refractivity contribution in [1.82, 2.24) is 9.97 Å². The lowest BCUT2D eigenvalue weighted by atomic mass is 10.00. The summed E-state index contributed by atoms with van der Waals surface area (Å²) in [7, 11) is 1.70. The summed E-state index contributed by atoms with van der Waals surface area (Å²) < 4.78 is 5.38. The number of nitrogens with one attached hydrogen (secondary N) is 1. The quantitative estimate of drug-likeness (QED) is 0.865. The standard InChI is InChI=1S/C13H20N4O/c1-9-6-11(8-14)17-12(15-9)16-10(2)7-13(3,4)18-5/h6,10H,7H2,1-5H3,(H,15,16,17). The molecule has 5 heteroatoms. The van der Waals surface area contributed by atoms with Crippen LogP contribution in [0, 0.1) is 18.3 Å². The van der Waals surface area contributed by atoms with E-state index in [1.807, 2.05) is 33.8 Å². The van der Waals surface area contributed by atoms with Gasteiger partial charge >= 0.3 is 0 Å². The Balaban J connectivity index is 2.73. The minimum Gasteiger partial charge on any atom is -0.379 e. The van der Waals surface area contributed by atoms with Gasteiger partial charge in [-0.3, -0.25) is 0 Å². The van der Waals surface area contributed by atoms with E-state index in [1.165, 1.54) is 0 Å².